The third kappa shape index (κ3) is 3.35. The van der Waals surface area contributed by atoms with Gasteiger partial charge in [0, 0.05) is 24.3 Å². The first-order valence-corrected chi connectivity index (χ1v) is 5.79. The molecule has 1 aromatic rings. The van der Waals surface area contributed by atoms with Crippen LogP contribution in [0.2, 0.25) is 5.02 Å². The normalized spacial score (nSPS) is 16.7. The van der Waals surface area contributed by atoms with Gasteiger partial charge in [0.15, 0.2) is 0 Å². The van der Waals surface area contributed by atoms with Gasteiger partial charge in [-0.25, -0.2) is 0 Å². The minimum absolute atomic E-state index is 0.714. The number of azo groups is 1. The molecule has 0 spiro atoms. The lowest BCUT2D eigenvalue weighted by Gasteiger charge is -2.08. The third-order valence-electron chi connectivity index (χ3n) is 2.48. The lowest BCUT2D eigenvalue weighted by atomic mass is 10.3. The summed E-state index contributed by atoms with van der Waals surface area (Å²) in [5.74, 6) is 0. The van der Waals surface area contributed by atoms with E-state index in [0.29, 0.717) is 5.02 Å². The Kier molecular flexibility index (Phi) is 3.94. The van der Waals surface area contributed by atoms with Gasteiger partial charge in [0.25, 0.3) is 0 Å². The molecule has 0 saturated carbocycles. The topological polar surface area (TPSA) is 28.0 Å². The molecule has 0 aromatic heterocycles. The molecule has 1 aliphatic heterocycles. The summed E-state index contributed by atoms with van der Waals surface area (Å²) in [6.45, 7) is 2.26. The number of hydrogen-bond donors (Lipinski definition) is 0. The van der Waals surface area contributed by atoms with E-state index in [2.05, 4.69) is 15.1 Å². The maximum absolute atomic E-state index is 5.77. The van der Waals surface area contributed by atoms with Crippen molar-refractivity contribution < 1.29 is 0 Å². The second-order valence-corrected chi connectivity index (χ2v) is 4.17. The molecule has 0 atom stereocenters. The number of likely N-dealkylation sites (tertiary alicyclic amines) is 1. The highest BCUT2D eigenvalue weighted by Gasteiger charge is 2.05. The molecule has 1 heterocycles. The predicted molar refractivity (Wildman–Crippen MR) is 65.9 cm³/mol. The van der Waals surface area contributed by atoms with Gasteiger partial charge in [0.2, 0.25) is 0 Å². The van der Waals surface area contributed by atoms with E-state index in [0.717, 1.165) is 18.8 Å². The van der Waals surface area contributed by atoms with Gasteiger partial charge in [0.05, 0.1) is 11.9 Å². The molecule has 16 heavy (non-hydrogen) atoms. The molecule has 0 N–H and O–H groups in total. The zero-order chi connectivity index (χ0) is 11.2. The molecule has 4 heteroatoms. The van der Waals surface area contributed by atoms with Gasteiger partial charge in [-0.1, -0.05) is 11.6 Å². The quantitative estimate of drug-likeness (QED) is 0.728. The van der Waals surface area contributed by atoms with Gasteiger partial charge in [-0.15, -0.1) is 0 Å². The zero-order valence-corrected chi connectivity index (χ0v) is 9.77. The molecule has 3 nitrogen and oxygen atoms in total. The standard InChI is InChI=1S/C12H14ClN3/c13-11-3-5-12(6-4-11)15-14-7-10-16-8-1-2-9-16/h3-7,10H,1-2,8-9H2. The van der Waals surface area contributed by atoms with Gasteiger partial charge < -0.3 is 4.90 Å². The van der Waals surface area contributed by atoms with Crippen molar-refractivity contribution in [2.75, 3.05) is 13.1 Å². The molecule has 0 radical (unpaired) electrons. The van der Waals surface area contributed by atoms with Crippen LogP contribution in [0.1, 0.15) is 12.8 Å². The van der Waals surface area contributed by atoms with Gasteiger partial charge in [-0.3, -0.25) is 0 Å². The van der Waals surface area contributed by atoms with Gasteiger partial charge in [0.1, 0.15) is 0 Å². The molecule has 1 saturated heterocycles. The summed E-state index contributed by atoms with van der Waals surface area (Å²) in [4.78, 5) is 2.25. The fourth-order valence-corrected chi connectivity index (χ4v) is 1.75. The maximum Gasteiger partial charge on any atom is 0.0857 e. The van der Waals surface area contributed by atoms with Crippen LogP contribution in [-0.4, -0.2) is 18.0 Å². The van der Waals surface area contributed by atoms with Crippen LogP contribution in [0.3, 0.4) is 0 Å². The van der Waals surface area contributed by atoms with Gasteiger partial charge >= 0.3 is 0 Å². The second kappa shape index (κ2) is 5.66. The van der Waals surface area contributed by atoms with Crippen LogP contribution in [0.15, 0.2) is 46.9 Å². The van der Waals surface area contributed by atoms with Crippen molar-refractivity contribution in [3.63, 3.8) is 0 Å². The number of benzene rings is 1. The largest absolute Gasteiger partial charge is 0.376 e. The van der Waals surface area contributed by atoms with E-state index in [1.54, 1.807) is 18.3 Å². The number of halogens is 1. The minimum Gasteiger partial charge on any atom is -0.376 e. The first kappa shape index (κ1) is 11.1. The number of nitrogens with zero attached hydrogens (tertiary/aromatic N) is 3. The van der Waals surface area contributed by atoms with Crippen molar-refractivity contribution in [2.24, 2.45) is 10.2 Å². The molecule has 0 aliphatic carbocycles. The van der Waals surface area contributed by atoms with Crippen LogP contribution >= 0.6 is 11.6 Å². The van der Waals surface area contributed by atoms with Crippen molar-refractivity contribution in [3.8, 4) is 0 Å². The highest BCUT2D eigenvalue weighted by Crippen LogP contribution is 2.16. The Morgan fingerprint density at radius 3 is 2.50 bits per heavy atom. The Hall–Kier alpha value is -1.35. The first-order chi connectivity index (χ1) is 7.84. The van der Waals surface area contributed by atoms with Crippen molar-refractivity contribution >= 4 is 17.3 Å². The summed E-state index contributed by atoms with van der Waals surface area (Å²) in [7, 11) is 0. The van der Waals surface area contributed by atoms with Crippen LogP contribution in [0.5, 0.6) is 0 Å². The summed E-state index contributed by atoms with van der Waals surface area (Å²) in [6, 6.07) is 7.30. The van der Waals surface area contributed by atoms with E-state index in [4.69, 9.17) is 11.6 Å². The molecule has 0 bridgehead atoms. The molecule has 1 aliphatic rings. The van der Waals surface area contributed by atoms with Crippen LogP contribution in [-0.2, 0) is 0 Å². The van der Waals surface area contributed by atoms with E-state index in [9.17, 15) is 0 Å². The van der Waals surface area contributed by atoms with Crippen molar-refractivity contribution in [1.29, 1.82) is 0 Å². The van der Waals surface area contributed by atoms with Gasteiger partial charge in [-0.05, 0) is 37.1 Å². The molecule has 2 rings (SSSR count). The lowest BCUT2D eigenvalue weighted by molar-refractivity contribution is 0.467. The van der Waals surface area contributed by atoms with Crippen LogP contribution < -0.4 is 0 Å². The molecular formula is C12H14ClN3. The first-order valence-electron chi connectivity index (χ1n) is 5.42. The summed E-state index contributed by atoms with van der Waals surface area (Å²) >= 11 is 5.77. The summed E-state index contributed by atoms with van der Waals surface area (Å²) < 4.78 is 0. The molecule has 1 aromatic carbocycles. The van der Waals surface area contributed by atoms with E-state index in [1.807, 2.05) is 18.3 Å². The predicted octanol–water partition coefficient (Wildman–Crippen LogP) is 3.99. The third-order valence-corrected chi connectivity index (χ3v) is 2.74. The average Bonchev–Trinajstić information content (AvgIpc) is 2.80. The van der Waals surface area contributed by atoms with Gasteiger partial charge in [-0.2, -0.15) is 10.2 Å². The summed E-state index contributed by atoms with van der Waals surface area (Å²) in [5, 5.41) is 8.77. The van der Waals surface area contributed by atoms with Crippen LogP contribution in [0.4, 0.5) is 5.69 Å². The summed E-state index contributed by atoms with van der Waals surface area (Å²) in [5.41, 5.74) is 0.815. The van der Waals surface area contributed by atoms with Crippen LogP contribution in [0.25, 0.3) is 0 Å². The lowest BCUT2D eigenvalue weighted by Crippen LogP contribution is -2.09. The van der Waals surface area contributed by atoms with E-state index < -0.39 is 0 Å². The monoisotopic (exact) mass is 235 g/mol. The second-order valence-electron chi connectivity index (χ2n) is 3.73. The van der Waals surface area contributed by atoms with Crippen LogP contribution in [0, 0.1) is 0 Å². The van der Waals surface area contributed by atoms with E-state index in [1.165, 1.54) is 12.8 Å². The Balaban J connectivity index is 1.86. The highest BCUT2D eigenvalue weighted by molar-refractivity contribution is 6.30. The van der Waals surface area contributed by atoms with Crippen molar-refractivity contribution in [3.05, 3.63) is 41.7 Å². The van der Waals surface area contributed by atoms with E-state index >= 15 is 0 Å². The highest BCUT2D eigenvalue weighted by atomic mass is 35.5. The molecule has 0 amide bonds. The van der Waals surface area contributed by atoms with Crippen molar-refractivity contribution in [1.82, 2.24) is 4.90 Å². The Morgan fingerprint density at radius 1 is 1.12 bits per heavy atom. The smallest absolute Gasteiger partial charge is 0.0857 e. The summed E-state index contributed by atoms with van der Waals surface area (Å²) in [6.07, 6.45) is 6.28. The Morgan fingerprint density at radius 2 is 1.81 bits per heavy atom. The molecule has 84 valence electrons. The SMILES string of the molecule is Clc1ccc(N=NC=CN2CCCC2)cc1. The fourth-order valence-electron chi connectivity index (χ4n) is 1.62. The zero-order valence-electron chi connectivity index (χ0n) is 9.01. The number of hydrogen-bond acceptors (Lipinski definition) is 3. The maximum atomic E-state index is 5.77. The van der Waals surface area contributed by atoms with E-state index in [-0.39, 0.29) is 0 Å². The Labute approximate surface area is 100 Å². The minimum atomic E-state index is 0.714. The number of rotatable bonds is 3. The molecule has 1 fully saturated rings. The Bertz CT molecular complexity index is 378. The fraction of sp³-hybridized carbons (Fsp3) is 0.333. The molecule has 0 unspecified atom stereocenters. The van der Waals surface area contributed by atoms with Crippen molar-refractivity contribution in [2.45, 2.75) is 12.8 Å². The molecular weight excluding hydrogens is 222 g/mol. The average molecular weight is 236 g/mol.